The largest absolute Gasteiger partial charge is 0.384 e. The number of carbonyl (C=O) groups excluding carboxylic acids is 1. The van der Waals surface area contributed by atoms with Gasteiger partial charge in [0.15, 0.2) is 0 Å². The maximum atomic E-state index is 12.3. The molecule has 0 unspecified atom stereocenters. The van der Waals surface area contributed by atoms with E-state index in [4.69, 9.17) is 4.74 Å². The van der Waals surface area contributed by atoms with Crippen LogP contribution in [-0.4, -0.2) is 19.6 Å². The van der Waals surface area contributed by atoms with Crippen LogP contribution in [0.3, 0.4) is 0 Å². The first-order valence-electron chi connectivity index (χ1n) is 6.38. The van der Waals surface area contributed by atoms with Gasteiger partial charge in [0.05, 0.1) is 12.2 Å². The van der Waals surface area contributed by atoms with Gasteiger partial charge in [0, 0.05) is 17.7 Å². The number of methoxy groups -OCH3 is 1. The SMILES string of the molecule is COCCc1ccccc1NC(=O)c1ccccc1S. The van der Waals surface area contributed by atoms with Crippen LogP contribution < -0.4 is 5.32 Å². The van der Waals surface area contributed by atoms with Gasteiger partial charge >= 0.3 is 0 Å². The zero-order chi connectivity index (χ0) is 14.4. The third-order valence-corrected chi connectivity index (χ3v) is 3.38. The quantitative estimate of drug-likeness (QED) is 0.827. The normalized spacial score (nSPS) is 10.3. The van der Waals surface area contributed by atoms with Gasteiger partial charge < -0.3 is 10.1 Å². The number of ether oxygens (including phenoxy) is 1. The highest BCUT2D eigenvalue weighted by Gasteiger charge is 2.11. The number of para-hydroxylation sites is 1. The standard InChI is InChI=1S/C16H17NO2S/c1-19-11-10-12-6-2-4-8-14(12)17-16(18)13-7-3-5-9-15(13)20/h2-9,20H,10-11H2,1H3,(H,17,18). The molecular formula is C16H17NO2S. The number of hydrogen-bond donors (Lipinski definition) is 2. The molecule has 4 heteroatoms. The Balaban J connectivity index is 2.18. The van der Waals surface area contributed by atoms with E-state index in [0.29, 0.717) is 17.1 Å². The second-order valence-electron chi connectivity index (χ2n) is 4.37. The van der Waals surface area contributed by atoms with Crippen LogP contribution in [0.15, 0.2) is 53.4 Å². The molecule has 0 fully saturated rings. The fourth-order valence-corrected chi connectivity index (χ4v) is 2.19. The number of thiol groups is 1. The van der Waals surface area contributed by atoms with Gasteiger partial charge in [-0.2, -0.15) is 0 Å². The molecule has 0 aliphatic rings. The molecule has 0 aliphatic heterocycles. The summed E-state index contributed by atoms with van der Waals surface area (Å²) in [5.74, 6) is -0.152. The molecular weight excluding hydrogens is 270 g/mol. The van der Waals surface area contributed by atoms with Gasteiger partial charge in [-0.3, -0.25) is 4.79 Å². The highest BCUT2D eigenvalue weighted by molar-refractivity contribution is 7.80. The minimum Gasteiger partial charge on any atom is -0.384 e. The third-order valence-electron chi connectivity index (χ3n) is 2.99. The maximum Gasteiger partial charge on any atom is 0.256 e. The topological polar surface area (TPSA) is 38.3 Å². The van der Waals surface area contributed by atoms with E-state index in [1.807, 2.05) is 36.4 Å². The smallest absolute Gasteiger partial charge is 0.256 e. The molecule has 104 valence electrons. The molecule has 0 heterocycles. The fraction of sp³-hybridized carbons (Fsp3) is 0.188. The van der Waals surface area contributed by atoms with Gasteiger partial charge in [-0.25, -0.2) is 0 Å². The van der Waals surface area contributed by atoms with E-state index in [0.717, 1.165) is 17.7 Å². The molecule has 2 aromatic carbocycles. The Labute approximate surface area is 124 Å². The van der Waals surface area contributed by atoms with Gasteiger partial charge in [-0.15, -0.1) is 12.6 Å². The van der Waals surface area contributed by atoms with Crippen molar-refractivity contribution >= 4 is 24.2 Å². The second-order valence-corrected chi connectivity index (χ2v) is 4.85. The van der Waals surface area contributed by atoms with E-state index in [1.54, 1.807) is 19.2 Å². The minimum atomic E-state index is -0.152. The monoisotopic (exact) mass is 287 g/mol. The fourth-order valence-electron chi connectivity index (χ4n) is 1.93. The van der Waals surface area contributed by atoms with E-state index >= 15 is 0 Å². The zero-order valence-corrected chi connectivity index (χ0v) is 12.2. The molecule has 0 bridgehead atoms. The average Bonchev–Trinajstić information content (AvgIpc) is 2.46. The highest BCUT2D eigenvalue weighted by Crippen LogP contribution is 2.19. The molecule has 3 nitrogen and oxygen atoms in total. The Morgan fingerprint density at radius 1 is 1.15 bits per heavy atom. The number of benzene rings is 2. The Kier molecular flexibility index (Phi) is 5.21. The number of amides is 1. The van der Waals surface area contributed by atoms with Crippen molar-refractivity contribution < 1.29 is 9.53 Å². The van der Waals surface area contributed by atoms with Crippen LogP contribution in [-0.2, 0) is 11.2 Å². The average molecular weight is 287 g/mol. The first-order valence-corrected chi connectivity index (χ1v) is 6.83. The summed E-state index contributed by atoms with van der Waals surface area (Å²) in [4.78, 5) is 12.9. The summed E-state index contributed by atoms with van der Waals surface area (Å²) in [5, 5.41) is 2.93. The van der Waals surface area contributed by atoms with Crippen LogP contribution in [0.5, 0.6) is 0 Å². The van der Waals surface area contributed by atoms with Crippen molar-refractivity contribution in [3.8, 4) is 0 Å². The van der Waals surface area contributed by atoms with Crippen LogP contribution in [0.4, 0.5) is 5.69 Å². The van der Waals surface area contributed by atoms with Crippen molar-refractivity contribution in [2.24, 2.45) is 0 Å². The van der Waals surface area contributed by atoms with Crippen LogP contribution in [0, 0.1) is 0 Å². The molecule has 0 radical (unpaired) electrons. The summed E-state index contributed by atoms with van der Waals surface area (Å²) in [5.41, 5.74) is 2.43. The van der Waals surface area contributed by atoms with E-state index in [2.05, 4.69) is 17.9 Å². The lowest BCUT2D eigenvalue weighted by atomic mass is 10.1. The molecule has 2 rings (SSSR count). The molecule has 0 atom stereocenters. The van der Waals surface area contributed by atoms with Crippen molar-refractivity contribution in [3.05, 3.63) is 59.7 Å². The number of anilines is 1. The maximum absolute atomic E-state index is 12.3. The molecule has 20 heavy (non-hydrogen) atoms. The molecule has 0 saturated carbocycles. The van der Waals surface area contributed by atoms with Crippen LogP contribution in [0.25, 0.3) is 0 Å². The Bertz CT molecular complexity index is 599. The van der Waals surface area contributed by atoms with Crippen molar-refractivity contribution in [3.63, 3.8) is 0 Å². The molecule has 0 aliphatic carbocycles. The molecule has 0 saturated heterocycles. The lowest BCUT2D eigenvalue weighted by molar-refractivity contribution is 0.102. The van der Waals surface area contributed by atoms with Gasteiger partial charge in [-0.1, -0.05) is 30.3 Å². The van der Waals surface area contributed by atoms with Gasteiger partial charge in [-0.05, 0) is 30.2 Å². The second kappa shape index (κ2) is 7.12. The molecule has 2 aromatic rings. The molecule has 1 amide bonds. The van der Waals surface area contributed by atoms with Crippen molar-refractivity contribution in [2.45, 2.75) is 11.3 Å². The molecule has 0 spiro atoms. The summed E-state index contributed by atoms with van der Waals surface area (Å²) in [7, 11) is 1.67. The Hall–Kier alpha value is -1.78. The summed E-state index contributed by atoms with van der Waals surface area (Å²) >= 11 is 4.31. The predicted molar refractivity (Wildman–Crippen MR) is 83.7 cm³/mol. The number of nitrogens with one attached hydrogen (secondary N) is 1. The van der Waals surface area contributed by atoms with Crippen LogP contribution in [0.1, 0.15) is 15.9 Å². The number of hydrogen-bond acceptors (Lipinski definition) is 3. The van der Waals surface area contributed by atoms with Gasteiger partial charge in [0.2, 0.25) is 0 Å². The van der Waals surface area contributed by atoms with E-state index in [9.17, 15) is 4.79 Å². The van der Waals surface area contributed by atoms with E-state index in [-0.39, 0.29) is 5.91 Å². The van der Waals surface area contributed by atoms with Crippen molar-refractivity contribution in [2.75, 3.05) is 19.0 Å². The van der Waals surface area contributed by atoms with Gasteiger partial charge in [0.25, 0.3) is 5.91 Å². The van der Waals surface area contributed by atoms with Crippen molar-refractivity contribution in [1.82, 2.24) is 0 Å². The predicted octanol–water partition coefficient (Wildman–Crippen LogP) is 3.42. The third kappa shape index (κ3) is 3.62. The summed E-state index contributed by atoms with van der Waals surface area (Å²) in [6.45, 7) is 0.621. The van der Waals surface area contributed by atoms with Crippen LogP contribution in [0.2, 0.25) is 0 Å². The molecule has 1 N–H and O–H groups in total. The lowest BCUT2D eigenvalue weighted by Gasteiger charge is -2.11. The first kappa shape index (κ1) is 14.6. The lowest BCUT2D eigenvalue weighted by Crippen LogP contribution is -2.14. The summed E-state index contributed by atoms with van der Waals surface area (Å²) in [6.07, 6.45) is 0.759. The minimum absolute atomic E-state index is 0.152. The number of rotatable bonds is 5. The van der Waals surface area contributed by atoms with Crippen molar-refractivity contribution in [1.29, 1.82) is 0 Å². The number of carbonyl (C=O) groups is 1. The summed E-state index contributed by atoms with van der Waals surface area (Å²) in [6, 6.07) is 15.0. The van der Waals surface area contributed by atoms with Crippen LogP contribution >= 0.6 is 12.6 Å². The highest BCUT2D eigenvalue weighted by atomic mass is 32.1. The Morgan fingerprint density at radius 2 is 1.85 bits per heavy atom. The van der Waals surface area contributed by atoms with Gasteiger partial charge in [0.1, 0.15) is 0 Å². The zero-order valence-electron chi connectivity index (χ0n) is 11.3. The molecule has 0 aromatic heterocycles. The Morgan fingerprint density at radius 3 is 2.60 bits per heavy atom. The van der Waals surface area contributed by atoms with E-state index in [1.165, 1.54) is 0 Å². The summed E-state index contributed by atoms with van der Waals surface area (Å²) < 4.78 is 5.08. The first-order chi connectivity index (χ1) is 9.72. The van der Waals surface area contributed by atoms with E-state index < -0.39 is 0 Å².